The maximum Gasteiger partial charge on any atom is 0.408 e. The molecule has 0 fully saturated rings. The Hall–Kier alpha value is -5.13. The number of hydrogen-bond acceptors (Lipinski definition) is 7. The van der Waals surface area contributed by atoms with E-state index in [1.807, 2.05) is 0 Å². The molecule has 0 bridgehead atoms. The first-order chi connectivity index (χ1) is 19.4. The van der Waals surface area contributed by atoms with Gasteiger partial charge in [0, 0.05) is 41.3 Å². The van der Waals surface area contributed by atoms with Crippen LogP contribution in [-0.4, -0.2) is 61.8 Å². The van der Waals surface area contributed by atoms with Crippen molar-refractivity contribution in [3.63, 3.8) is 0 Å². The van der Waals surface area contributed by atoms with Crippen LogP contribution < -0.4 is 10.6 Å². The molecular weight excluding hydrogens is 530 g/mol. The number of nitrogens with zero attached hydrogens (tertiary/aromatic N) is 2. The minimum atomic E-state index is -1.15. The molecule has 0 radical (unpaired) electrons. The maximum absolute atomic E-state index is 13.3. The Bertz CT molecular complexity index is 1570. The summed E-state index contributed by atoms with van der Waals surface area (Å²) in [5, 5.41) is 15.6. The standard InChI is InChI=1S/C29H31N5O7/c1-5-40-27(38)17-6-9-20(10-7-17)34-15-22(26(36)37)21-12-18(8-11-24(21)34)32-25(35)23(13-19-14-30-16-31-19)33-28(39)41-29(2,3)4/h6-12,14-16,23H,5,13H2,1-4H3,(H,30,31)(H,32,35)(H,33,39)(H,36,37)/t23-/m0/s1. The van der Waals surface area contributed by atoms with Gasteiger partial charge in [0.1, 0.15) is 11.6 Å². The highest BCUT2D eigenvalue weighted by Gasteiger charge is 2.26. The number of hydrogen-bond donors (Lipinski definition) is 4. The number of benzene rings is 2. The largest absolute Gasteiger partial charge is 0.478 e. The Morgan fingerprint density at radius 3 is 2.44 bits per heavy atom. The number of carboxylic acids is 1. The molecule has 0 saturated heterocycles. The first kappa shape index (κ1) is 28.9. The van der Waals surface area contributed by atoms with Crippen molar-refractivity contribution in [2.24, 2.45) is 0 Å². The molecule has 2 amide bonds. The smallest absolute Gasteiger partial charge is 0.408 e. The van der Waals surface area contributed by atoms with E-state index in [9.17, 15) is 24.3 Å². The SMILES string of the molecule is CCOC(=O)c1ccc(-n2cc(C(=O)O)c3cc(NC(=O)[C@H](Cc4cnc[nH]4)NC(=O)OC(C)(C)C)ccc32)cc1. The number of carbonyl (C=O) groups is 4. The van der Waals surface area contributed by atoms with E-state index in [1.54, 1.807) is 80.9 Å². The summed E-state index contributed by atoms with van der Waals surface area (Å²) in [5.74, 6) is -2.13. The second-order valence-electron chi connectivity index (χ2n) is 10.2. The fraction of sp³-hybridized carbons (Fsp3) is 0.276. The van der Waals surface area contributed by atoms with E-state index >= 15 is 0 Å². The van der Waals surface area contributed by atoms with Crippen molar-refractivity contribution in [1.29, 1.82) is 0 Å². The molecule has 214 valence electrons. The number of nitrogens with one attached hydrogen (secondary N) is 3. The third-order valence-electron chi connectivity index (χ3n) is 5.95. The van der Waals surface area contributed by atoms with Crippen molar-refractivity contribution in [1.82, 2.24) is 19.9 Å². The minimum absolute atomic E-state index is 0.0199. The van der Waals surface area contributed by atoms with Crippen molar-refractivity contribution >= 4 is 40.5 Å². The van der Waals surface area contributed by atoms with Crippen LogP contribution in [-0.2, 0) is 20.7 Å². The second-order valence-corrected chi connectivity index (χ2v) is 10.2. The third kappa shape index (κ3) is 7.10. The van der Waals surface area contributed by atoms with Gasteiger partial charge < -0.3 is 34.8 Å². The van der Waals surface area contributed by atoms with E-state index in [0.29, 0.717) is 33.5 Å². The molecule has 2 aromatic heterocycles. The lowest BCUT2D eigenvalue weighted by Gasteiger charge is -2.23. The molecule has 2 heterocycles. The van der Waals surface area contributed by atoms with Crippen LogP contribution in [0, 0.1) is 0 Å². The Morgan fingerprint density at radius 2 is 1.83 bits per heavy atom. The molecule has 0 aliphatic heterocycles. The number of aromatic amines is 1. The number of aromatic carboxylic acids is 1. The molecule has 0 aliphatic carbocycles. The lowest BCUT2D eigenvalue weighted by molar-refractivity contribution is -0.118. The summed E-state index contributed by atoms with van der Waals surface area (Å²) < 4.78 is 12.0. The summed E-state index contributed by atoms with van der Waals surface area (Å²) in [6.45, 7) is 7.12. The average Bonchev–Trinajstić information content (AvgIpc) is 3.55. The molecule has 0 spiro atoms. The van der Waals surface area contributed by atoms with Crippen molar-refractivity contribution in [3.05, 3.63) is 78.0 Å². The molecule has 12 heteroatoms. The van der Waals surface area contributed by atoms with Gasteiger partial charge in [0.15, 0.2) is 0 Å². The lowest BCUT2D eigenvalue weighted by Crippen LogP contribution is -2.47. The number of imidazole rings is 1. The van der Waals surface area contributed by atoms with Gasteiger partial charge in [-0.2, -0.15) is 0 Å². The van der Waals surface area contributed by atoms with Crippen molar-refractivity contribution in [3.8, 4) is 5.69 Å². The van der Waals surface area contributed by atoms with E-state index in [2.05, 4.69) is 20.6 Å². The number of H-pyrrole nitrogens is 1. The summed E-state index contributed by atoms with van der Waals surface area (Å²) in [6, 6.07) is 10.4. The van der Waals surface area contributed by atoms with Crippen LogP contribution >= 0.6 is 0 Å². The first-order valence-electron chi connectivity index (χ1n) is 12.9. The number of anilines is 1. The molecule has 2 aromatic carbocycles. The van der Waals surface area contributed by atoms with Crippen molar-refractivity contribution in [2.45, 2.75) is 45.8 Å². The number of aromatic nitrogens is 3. The van der Waals surface area contributed by atoms with Gasteiger partial charge in [-0.05, 0) is 70.2 Å². The Balaban J connectivity index is 1.61. The molecule has 0 unspecified atom stereocenters. The van der Waals surface area contributed by atoms with E-state index < -0.39 is 35.6 Å². The van der Waals surface area contributed by atoms with Gasteiger partial charge >= 0.3 is 18.0 Å². The maximum atomic E-state index is 13.3. The van der Waals surface area contributed by atoms with Gasteiger partial charge in [-0.3, -0.25) is 4.79 Å². The number of alkyl carbamates (subject to hydrolysis) is 1. The van der Waals surface area contributed by atoms with E-state index in [4.69, 9.17) is 9.47 Å². The van der Waals surface area contributed by atoms with E-state index in [0.717, 1.165) is 0 Å². The van der Waals surface area contributed by atoms with Crippen LogP contribution in [0.3, 0.4) is 0 Å². The fourth-order valence-corrected chi connectivity index (χ4v) is 4.17. The van der Waals surface area contributed by atoms with Crippen molar-refractivity contribution in [2.75, 3.05) is 11.9 Å². The number of carbonyl (C=O) groups excluding carboxylic acids is 3. The molecule has 4 N–H and O–H groups in total. The summed E-state index contributed by atoms with van der Waals surface area (Å²) in [6.07, 6.45) is 3.85. The van der Waals surface area contributed by atoms with E-state index in [1.165, 1.54) is 12.5 Å². The Labute approximate surface area is 235 Å². The summed E-state index contributed by atoms with van der Waals surface area (Å²) in [7, 11) is 0. The highest BCUT2D eigenvalue weighted by Crippen LogP contribution is 2.28. The van der Waals surface area contributed by atoms with Crippen molar-refractivity contribution < 1.29 is 33.8 Å². The monoisotopic (exact) mass is 561 g/mol. The molecule has 41 heavy (non-hydrogen) atoms. The van der Waals surface area contributed by atoms with Gasteiger partial charge in [0.2, 0.25) is 5.91 Å². The number of amides is 2. The summed E-state index contributed by atoms with van der Waals surface area (Å²) in [4.78, 5) is 56.7. The number of esters is 1. The van der Waals surface area contributed by atoms with Gasteiger partial charge in [-0.25, -0.2) is 19.4 Å². The van der Waals surface area contributed by atoms with Gasteiger partial charge in [-0.15, -0.1) is 0 Å². The summed E-state index contributed by atoms with van der Waals surface area (Å²) >= 11 is 0. The molecule has 1 atom stereocenters. The van der Waals surface area contributed by atoms with Crippen LogP contribution in [0.4, 0.5) is 10.5 Å². The zero-order chi connectivity index (χ0) is 29.7. The zero-order valence-corrected chi connectivity index (χ0v) is 23.1. The Morgan fingerprint density at radius 1 is 1.10 bits per heavy atom. The average molecular weight is 562 g/mol. The second kappa shape index (κ2) is 11.9. The van der Waals surface area contributed by atoms with Crippen LogP contribution in [0.5, 0.6) is 0 Å². The molecule has 4 aromatic rings. The predicted octanol–water partition coefficient (Wildman–Crippen LogP) is 4.30. The van der Waals surface area contributed by atoms with E-state index in [-0.39, 0.29) is 18.6 Å². The fourth-order valence-electron chi connectivity index (χ4n) is 4.17. The normalized spacial score (nSPS) is 12.0. The molecule has 0 aliphatic rings. The highest BCUT2D eigenvalue weighted by atomic mass is 16.6. The molecule has 0 saturated carbocycles. The van der Waals surface area contributed by atoms with Gasteiger partial charge in [0.25, 0.3) is 0 Å². The number of carboxylic acid groups (broad SMARTS) is 1. The van der Waals surface area contributed by atoms with Crippen LogP contribution in [0.15, 0.2) is 61.2 Å². The number of ether oxygens (including phenoxy) is 2. The van der Waals surface area contributed by atoms with Gasteiger partial charge in [0.05, 0.1) is 29.6 Å². The van der Waals surface area contributed by atoms with Crippen LogP contribution in [0.2, 0.25) is 0 Å². The quantitative estimate of drug-likeness (QED) is 0.220. The highest BCUT2D eigenvalue weighted by molar-refractivity contribution is 6.06. The van der Waals surface area contributed by atoms with Crippen LogP contribution in [0.1, 0.15) is 54.1 Å². The number of rotatable bonds is 9. The molecule has 12 nitrogen and oxygen atoms in total. The third-order valence-corrected chi connectivity index (χ3v) is 5.95. The zero-order valence-electron chi connectivity index (χ0n) is 23.1. The minimum Gasteiger partial charge on any atom is -0.478 e. The Kier molecular flexibility index (Phi) is 8.41. The number of fused-ring (bicyclic) bond motifs is 1. The summed E-state index contributed by atoms with van der Waals surface area (Å²) in [5.41, 5.74) is 1.80. The van der Waals surface area contributed by atoms with Crippen LogP contribution in [0.25, 0.3) is 16.6 Å². The molecule has 4 rings (SSSR count). The topological polar surface area (TPSA) is 165 Å². The van der Waals surface area contributed by atoms with Gasteiger partial charge in [-0.1, -0.05) is 0 Å². The predicted molar refractivity (Wildman–Crippen MR) is 150 cm³/mol. The first-order valence-corrected chi connectivity index (χ1v) is 12.9. The lowest BCUT2D eigenvalue weighted by atomic mass is 10.1. The molecular formula is C29H31N5O7.